The predicted molar refractivity (Wildman–Crippen MR) is 67.1 cm³/mol. The first-order chi connectivity index (χ1) is 8.13. The maximum Gasteiger partial charge on any atom is 0.256 e. The van der Waals surface area contributed by atoms with Crippen LogP contribution in [0.2, 0.25) is 0 Å². The molecule has 0 unspecified atom stereocenters. The number of carbonyl (C=O) groups is 1. The zero-order chi connectivity index (χ0) is 12.4. The lowest BCUT2D eigenvalue weighted by Gasteiger charge is -2.37. The number of aryl methyl sites for hydroxylation is 2. The van der Waals surface area contributed by atoms with Gasteiger partial charge in [-0.1, -0.05) is 0 Å². The van der Waals surface area contributed by atoms with Crippen LogP contribution in [0.1, 0.15) is 28.7 Å². The van der Waals surface area contributed by atoms with Crippen molar-refractivity contribution in [2.24, 2.45) is 0 Å². The van der Waals surface area contributed by atoms with Crippen molar-refractivity contribution in [3.63, 3.8) is 0 Å². The third kappa shape index (κ3) is 2.31. The molecule has 0 atom stereocenters. The minimum atomic E-state index is 0.101. The van der Waals surface area contributed by atoms with E-state index in [1.54, 1.807) is 0 Å². The lowest BCUT2D eigenvalue weighted by Crippen LogP contribution is -2.58. The maximum absolute atomic E-state index is 12.4. The summed E-state index contributed by atoms with van der Waals surface area (Å²) in [5.41, 5.74) is 2.50. The lowest BCUT2D eigenvalue weighted by atomic mass is 10.1. The molecule has 2 rings (SSSR count). The Labute approximate surface area is 102 Å². The Morgan fingerprint density at radius 3 is 2.65 bits per heavy atom. The molecule has 4 nitrogen and oxygen atoms in total. The van der Waals surface area contributed by atoms with Gasteiger partial charge in [0, 0.05) is 25.3 Å². The number of carbonyl (C=O) groups excluding carboxylic acids is 1. The first kappa shape index (κ1) is 12.0. The van der Waals surface area contributed by atoms with E-state index >= 15 is 0 Å². The number of rotatable bonds is 3. The van der Waals surface area contributed by atoms with Crippen LogP contribution < -0.4 is 5.32 Å². The standard InChI is InChI=1S/C13H19N3O/c1-4-16(11-7-14-8-11)13(17)12-6-5-9(2)15-10(12)3/h5-6,11,14H,4,7-8H2,1-3H3. The van der Waals surface area contributed by atoms with Gasteiger partial charge in [0.2, 0.25) is 0 Å². The van der Waals surface area contributed by atoms with Crippen LogP contribution in [0.3, 0.4) is 0 Å². The minimum Gasteiger partial charge on any atom is -0.333 e. The summed E-state index contributed by atoms with van der Waals surface area (Å²) in [7, 11) is 0. The van der Waals surface area contributed by atoms with Crippen LogP contribution in [0, 0.1) is 13.8 Å². The highest BCUT2D eigenvalue weighted by Crippen LogP contribution is 2.14. The summed E-state index contributed by atoms with van der Waals surface area (Å²) in [4.78, 5) is 18.7. The van der Waals surface area contributed by atoms with Crippen LogP contribution in [-0.4, -0.2) is 41.5 Å². The maximum atomic E-state index is 12.4. The van der Waals surface area contributed by atoms with Gasteiger partial charge < -0.3 is 10.2 Å². The normalized spacial score (nSPS) is 15.5. The summed E-state index contributed by atoms with van der Waals surface area (Å²) < 4.78 is 0. The second-order valence-corrected chi connectivity index (χ2v) is 4.49. The SMILES string of the molecule is CCN(C(=O)c1ccc(C)nc1C)C1CNC1. The third-order valence-electron chi connectivity index (χ3n) is 3.26. The third-order valence-corrected chi connectivity index (χ3v) is 3.26. The number of hydrogen-bond acceptors (Lipinski definition) is 3. The molecule has 1 aromatic heterocycles. The van der Waals surface area contributed by atoms with Crippen LogP contribution >= 0.6 is 0 Å². The summed E-state index contributed by atoms with van der Waals surface area (Å²) in [6.07, 6.45) is 0. The highest BCUT2D eigenvalue weighted by molar-refractivity contribution is 5.95. The first-order valence-corrected chi connectivity index (χ1v) is 6.09. The fourth-order valence-corrected chi connectivity index (χ4v) is 2.13. The molecule has 1 fully saturated rings. The van der Waals surface area contributed by atoms with Crippen molar-refractivity contribution >= 4 is 5.91 Å². The van der Waals surface area contributed by atoms with Crippen molar-refractivity contribution in [1.29, 1.82) is 0 Å². The summed E-state index contributed by atoms with van der Waals surface area (Å²) in [6.45, 7) is 8.41. The number of nitrogens with zero attached hydrogens (tertiary/aromatic N) is 2. The van der Waals surface area contributed by atoms with Gasteiger partial charge in [0.15, 0.2) is 0 Å². The van der Waals surface area contributed by atoms with Gasteiger partial charge in [0.25, 0.3) is 5.91 Å². The van der Waals surface area contributed by atoms with Gasteiger partial charge in [0.05, 0.1) is 17.3 Å². The van der Waals surface area contributed by atoms with Gasteiger partial charge in [-0.05, 0) is 32.9 Å². The van der Waals surface area contributed by atoms with Crippen molar-refractivity contribution < 1.29 is 4.79 Å². The molecular weight excluding hydrogens is 214 g/mol. The topological polar surface area (TPSA) is 45.2 Å². The average Bonchev–Trinajstić information content (AvgIpc) is 2.22. The molecule has 1 amide bonds. The van der Waals surface area contributed by atoms with E-state index in [4.69, 9.17) is 0 Å². The van der Waals surface area contributed by atoms with E-state index in [9.17, 15) is 4.79 Å². The van der Waals surface area contributed by atoms with E-state index in [0.717, 1.165) is 36.6 Å². The second kappa shape index (κ2) is 4.84. The Hall–Kier alpha value is -1.42. The Balaban J connectivity index is 2.22. The molecular formula is C13H19N3O. The van der Waals surface area contributed by atoms with Gasteiger partial charge in [-0.15, -0.1) is 0 Å². The van der Waals surface area contributed by atoms with Gasteiger partial charge in [-0.2, -0.15) is 0 Å². The first-order valence-electron chi connectivity index (χ1n) is 6.09. The van der Waals surface area contributed by atoms with Crippen molar-refractivity contribution in [3.05, 3.63) is 29.1 Å². The number of nitrogens with one attached hydrogen (secondary N) is 1. The molecule has 0 radical (unpaired) electrons. The van der Waals surface area contributed by atoms with E-state index < -0.39 is 0 Å². The Kier molecular flexibility index (Phi) is 3.43. The molecule has 1 aliphatic rings. The van der Waals surface area contributed by atoms with Gasteiger partial charge in [-0.3, -0.25) is 9.78 Å². The summed E-state index contributed by atoms with van der Waals surface area (Å²) in [6, 6.07) is 4.12. The molecule has 0 bridgehead atoms. The predicted octanol–water partition coefficient (Wildman–Crippen LogP) is 1.13. The van der Waals surface area contributed by atoms with Gasteiger partial charge in [0.1, 0.15) is 0 Å². The van der Waals surface area contributed by atoms with E-state index in [-0.39, 0.29) is 5.91 Å². The van der Waals surface area contributed by atoms with Crippen molar-refractivity contribution in [2.75, 3.05) is 19.6 Å². The zero-order valence-electron chi connectivity index (χ0n) is 10.7. The number of amides is 1. The Bertz CT molecular complexity index is 427. The Morgan fingerprint density at radius 2 is 2.18 bits per heavy atom. The monoisotopic (exact) mass is 233 g/mol. The summed E-state index contributed by atoms with van der Waals surface area (Å²) in [5, 5.41) is 3.20. The van der Waals surface area contributed by atoms with Crippen LogP contribution in [0.5, 0.6) is 0 Å². The van der Waals surface area contributed by atoms with Crippen molar-refractivity contribution in [2.45, 2.75) is 26.8 Å². The number of pyridine rings is 1. The number of hydrogen-bond donors (Lipinski definition) is 1. The highest BCUT2D eigenvalue weighted by atomic mass is 16.2. The van der Waals surface area contributed by atoms with Crippen LogP contribution in [0.15, 0.2) is 12.1 Å². The van der Waals surface area contributed by atoms with E-state index in [1.165, 1.54) is 0 Å². The van der Waals surface area contributed by atoms with Crippen molar-refractivity contribution in [3.8, 4) is 0 Å². The van der Waals surface area contributed by atoms with Crippen LogP contribution in [-0.2, 0) is 0 Å². The smallest absolute Gasteiger partial charge is 0.256 e. The van der Waals surface area contributed by atoms with Gasteiger partial charge >= 0.3 is 0 Å². The Morgan fingerprint density at radius 1 is 1.47 bits per heavy atom. The summed E-state index contributed by atoms with van der Waals surface area (Å²) >= 11 is 0. The fourth-order valence-electron chi connectivity index (χ4n) is 2.13. The molecule has 0 aliphatic carbocycles. The fraction of sp³-hybridized carbons (Fsp3) is 0.538. The molecule has 0 spiro atoms. The second-order valence-electron chi connectivity index (χ2n) is 4.49. The van der Waals surface area contributed by atoms with E-state index in [0.29, 0.717) is 6.04 Å². The molecule has 0 saturated carbocycles. The van der Waals surface area contributed by atoms with Crippen LogP contribution in [0.4, 0.5) is 0 Å². The number of aromatic nitrogens is 1. The van der Waals surface area contributed by atoms with Crippen LogP contribution in [0.25, 0.3) is 0 Å². The molecule has 2 heterocycles. The molecule has 92 valence electrons. The largest absolute Gasteiger partial charge is 0.333 e. The molecule has 1 aliphatic heterocycles. The molecule has 1 N–H and O–H groups in total. The minimum absolute atomic E-state index is 0.101. The molecule has 1 aromatic rings. The van der Waals surface area contributed by atoms with E-state index in [1.807, 2.05) is 37.8 Å². The zero-order valence-corrected chi connectivity index (χ0v) is 10.7. The summed E-state index contributed by atoms with van der Waals surface area (Å²) in [5.74, 6) is 0.101. The lowest BCUT2D eigenvalue weighted by molar-refractivity contribution is 0.0629. The van der Waals surface area contributed by atoms with Crippen molar-refractivity contribution in [1.82, 2.24) is 15.2 Å². The number of likely N-dealkylation sites (N-methyl/N-ethyl adjacent to an activating group) is 1. The molecule has 1 saturated heterocycles. The highest BCUT2D eigenvalue weighted by Gasteiger charge is 2.28. The average molecular weight is 233 g/mol. The van der Waals surface area contributed by atoms with Gasteiger partial charge in [-0.25, -0.2) is 0 Å². The molecule has 17 heavy (non-hydrogen) atoms. The quantitative estimate of drug-likeness (QED) is 0.851. The molecule has 0 aromatic carbocycles. The molecule has 4 heteroatoms. The van der Waals surface area contributed by atoms with E-state index in [2.05, 4.69) is 10.3 Å².